The average Bonchev–Trinajstić information content (AvgIpc) is 2.76. The predicted octanol–water partition coefficient (Wildman–Crippen LogP) is 2.16. The van der Waals surface area contributed by atoms with Gasteiger partial charge in [-0.25, -0.2) is 4.37 Å². The summed E-state index contributed by atoms with van der Waals surface area (Å²) >= 11 is 3.61. The maximum atomic E-state index is 4.16. The van der Waals surface area contributed by atoms with E-state index < -0.39 is 0 Å². The summed E-state index contributed by atoms with van der Waals surface area (Å²) in [5.74, 6) is 3.41. The normalized spacial score (nSPS) is 24.8. The number of nitrogens with one attached hydrogen (secondary N) is 1. The van der Waals surface area contributed by atoms with Crippen LogP contribution in [0.5, 0.6) is 0 Å². The number of rotatable bonds is 3. The van der Waals surface area contributed by atoms with Gasteiger partial charge in [-0.3, -0.25) is 0 Å². The molecule has 2 rings (SSSR count). The number of aromatic nitrogens is 1. The summed E-state index contributed by atoms with van der Waals surface area (Å²) in [4.78, 5) is 0. The zero-order valence-corrected chi connectivity index (χ0v) is 9.33. The summed E-state index contributed by atoms with van der Waals surface area (Å²) in [7, 11) is 2.05. The average molecular weight is 214 g/mol. The fourth-order valence-electron chi connectivity index (χ4n) is 1.86. The van der Waals surface area contributed by atoms with Gasteiger partial charge in [-0.2, -0.15) is 11.8 Å². The first-order chi connectivity index (χ1) is 6.42. The van der Waals surface area contributed by atoms with Crippen molar-refractivity contribution < 1.29 is 0 Å². The van der Waals surface area contributed by atoms with Crippen molar-refractivity contribution >= 4 is 23.3 Å². The Kier molecular flexibility index (Phi) is 3.24. The summed E-state index contributed by atoms with van der Waals surface area (Å²) in [6.07, 6.45) is 3.33. The molecule has 1 saturated heterocycles. The standard InChI is InChI=1S/C9H14N2S2/c1-10-9(7-2-3-12-5-7)8-4-11-13-6-8/h4,6-7,9-10H,2-3,5H2,1H3. The van der Waals surface area contributed by atoms with Gasteiger partial charge in [0.2, 0.25) is 0 Å². The highest BCUT2D eigenvalue weighted by Crippen LogP contribution is 2.34. The second-order valence-electron chi connectivity index (χ2n) is 3.35. The summed E-state index contributed by atoms with van der Waals surface area (Å²) in [6, 6.07) is 0.522. The van der Waals surface area contributed by atoms with Crippen molar-refractivity contribution in [3.8, 4) is 0 Å². The van der Waals surface area contributed by atoms with Crippen molar-refractivity contribution in [2.75, 3.05) is 18.6 Å². The van der Waals surface area contributed by atoms with Crippen LogP contribution in [0.15, 0.2) is 11.6 Å². The van der Waals surface area contributed by atoms with E-state index in [2.05, 4.69) is 26.8 Å². The van der Waals surface area contributed by atoms with Crippen LogP contribution in [0.4, 0.5) is 0 Å². The van der Waals surface area contributed by atoms with Crippen LogP contribution in [0.2, 0.25) is 0 Å². The molecular weight excluding hydrogens is 200 g/mol. The zero-order chi connectivity index (χ0) is 9.10. The fourth-order valence-corrected chi connectivity index (χ4v) is 3.73. The number of thioether (sulfide) groups is 1. The minimum absolute atomic E-state index is 0.522. The first kappa shape index (κ1) is 9.49. The highest BCUT2D eigenvalue weighted by Gasteiger charge is 2.25. The van der Waals surface area contributed by atoms with E-state index in [1.807, 2.05) is 13.2 Å². The second kappa shape index (κ2) is 4.44. The maximum Gasteiger partial charge on any atom is 0.0454 e. The number of hydrogen-bond donors (Lipinski definition) is 1. The molecule has 72 valence electrons. The van der Waals surface area contributed by atoms with E-state index in [1.165, 1.54) is 23.5 Å². The van der Waals surface area contributed by atoms with Crippen LogP contribution >= 0.6 is 23.3 Å². The summed E-state index contributed by atoms with van der Waals surface area (Å²) in [5.41, 5.74) is 1.36. The fraction of sp³-hybridized carbons (Fsp3) is 0.667. The molecule has 0 bridgehead atoms. The molecule has 1 aromatic heterocycles. The Hall–Kier alpha value is -0.0600. The summed E-state index contributed by atoms with van der Waals surface area (Å²) in [6.45, 7) is 0. The van der Waals surface area contributed by atoms with E-state index in [0.29, 0.717) is 6.04 Å². The largest absolute Gasteiger partial charge is 0.313 e. The van der Waals surface area contributed by atoms with Gasteiger partial charge >= 0.3 is 0 Å². The lowest BCUT2D eigenvalue weighted by Gasteiger charge is -2.20. The SMILES string of the molecule is CNC(c1cnsc1)C1CCSC1. The Morgan fingerprint density at radius 1 is 1.69 bits per heavy atom. The molecule has 1 aromatic rings. The van der Waals surface area contributed by atoms with E-state index in [9.17, 15) is 0 Å². The second-order valence-corrected chi connectivity index (χ2v) is 5.15. The van der Waals surface area contributed by atoms with Gasteiger partial charge in [0.25, 0.3) is 0 Å². The quantitative estimate of drug-likeness (QED) is 0.834. The third-order valence-electron chi connectivity index (χ3n) is 2.56. The van der Waals surface area contributed by atoms with Crippen LogP contribution in [-0.2, 0) is 0 Å². The molecule has 0 amide bonds. The van der Waals surface area contributed by atoms with E-state index in [0.717, 1.165) is 5.92 Å². The van der Waals surface area contributed by atoms with Crippen molar-refractivity contribution in [3.63, 3.8) is 0 Å². The molecule has 1 N–H and O–H groups in total. The van der Waals surface area contributed by atoms with Crippen LogP contribution in [0.25, 0.3) is 0 Å². The molecule has 0 aromatic carbocycles. The third-order valence-corrected chi connectivity index (χ3v) is 4.35. The van der Waals surface area contributed by atoms with E-state index in [-0.39, 0.29) is 0 Å². The molecule has 0 aliphatic carbocycles. The van der Waals surface area contributed by atoms with Crippen LogP contribution in [0, 0.1) is 5.92 Å². The van der Waals surface area contributed by atoms with Gasteiger partial charge in [0, 0.05) is 23.2 Å². The van der Waals surface area contributed by atoms with Crippen molar-refractivity contribution in [2.45, 2.75) is 12.5 Å². The van der Waals surface area contributed by atoms with Gasteiger partial charge < -0.3 is 5.32 Å². The molecule has 2 nitrogen and oxygen atoms in total. The number of nitrogens with zero attached hydrogens (tertiary/aromatic N) is 1. The molecule has 13 heavy (non-hydrogen) atoms. The maximum absolute atomic E-state index is 4.16. The van der Waals surface area contributed by atoms with E-state index in [4.69, 9.17) is 0 Å². The van der Waals surface area contributed by atoms with E-state index >= 15 is 0 Å². The van der Waals surface area contributed by atoms with Crippen LogP contribution in [0.3, 0.4) is 0 Å². The molecule has 1 aliphatic heterocycles. The van der Waals surface area contributed by atoms with Crippen molar-refractivity contribution in [3.05, 3.63) is 17.1 Å². The third kappa shape index (κ3) is 2.06. The Balaban J connectivity index is 2.08. The van der Waals surface area contributed by atoms with Gasteiger partial charge in [0.1, 0.15) is 0 Å². The first-order valence-corrected chi connectivity index (χ1v) is 6.55. The molecule has 1 fully saturated rings. The molecule has 0 radical (unpaired) electrons. The Labute approximate surface area is 87.3 Å². The highest BCUT2D eigenvalue weighted by molar-refractivity contribution is 7.99. The van der Waals surface area contributed by atoms with Crippen molar-refractivity contribution in [1.82, 2.24) is 9.69 Å². The Morgan fingerprint density at radius 3 is 3.15 bits per heavy atom. The minimum Gasteiger partial charge on any atom is -0.313 e. The van der Waals surface area contributed by atoms with E-state index in [1.54, 1.807) is 11.5 Å². The zero-order valence-electron chi connectivity index (χ0n) is 7.69. The van der Waals surface area contributed by atoms with Gasteiger partial charge in [-0.15, -0.1) is 0 Å². The summed E-state index contributed by atoms with van der Waals surface area (Å²) < 4.78 is 4.16. The highest BCUT2D eigenvalue weighted by atomic mass is 32.2. The van der Waals surface area contributed by atoms with Gasteiger partial charge in [0.05, 0.1) is 0 Å². The van der Waals surface area contributed by atoms with Crippen LogP contribution in [-0.4, -0.2) is 22.9 Å². The molecule has 4 heteroatoms. The Bertz CT molecular complexity index is 242. The molecule has 2 unspecified atom stereocenters. The lowest BCUT2D eigenvalue weighted by molar-refractivity contribution is 0.420. The van der Waals surface area contributed by atoms with Crippen LogP contribution < -0.4 is 5.32 Å². The molecule has 2 heterocycles. The van der Waals surface area contributed by atoms with Gasteiger partial charge in [-0.1, -0.05) is 0 Å². The summed E-state index contributed by atoms with van der Waals surface area (Å²) in [5, 5.41) is 5.56. The van der Waals surface area contributed by atoms with Gasteiger partial charge in [0.15, 0.2) is 0 Å². The lowest BCUT2D eigenvalue weighted by atomic mass is 9.95. The Morgan fingerprint density at radius 2 is 2.62 bits per heavy atom. The first-order valence-electron chi connectivity index (χ1n) is 4.56. The molecule has 2 atom stereocenters. The molecular formula is C9H14N2S2. The molecule has 0 saturated carbocycles. The molecule has 0 spiro atoms. The van der Waals surface area contributed by atoms with Crippen molar-refractivity contribution in [2.24, 2.45) is 5.92 Å². The predicted molar refractivity (Wildman–Crippen MR) is 59.3 cm³/mol. The lowest BCUT2D eigenvalue weighted by Crippen LogP contribution is -2.24. The topological polar surface area (TPSA) is 24.9 Å². The monoisotopic (exact) mass is 214 g/mol. The van der Waals surface area contributed by atoms with Crippen molar-refractivity contribution in [1.29, 1.82) is 0 Å². The number of hydrogen-bond acceptors (Lipinski definition) is 4. The molecule has 1 aliphatic rings. The van der Waals surface area contributed by atoms with Crippen LogP contribution in [0.1, 0.15) is 18.0 Å². The smallest absolute Gasteiger partial charge is 0.0454 e. The van der Waals surface area contributed by atoms with Gasteiger partial charge in [-0.05, 0) is 42.4 Å². The minimum atomic E-state index is 0.522.